The Hall–Kier alpha value is -0.360. The summed E-state index contributed by atoms with van der Waals surface area (Å²) in [5.74, 6) is 0.322. The molecule has 5 nitrogen and oxygen atoms in total. The highest BCUT2D eigenvalue weighted by atomic mass is 35.5. The molecule has 3 N–H and O–H groups in total. The average molecular weight is 269 g/mol. The molecule has 17 heavy (non-hydrogen) atoms. The quantitative estimate of drug-likeness (QED) is 0.600. The van der Waals surface area contributed by atoms with Gasteiger partial charge in [-0.2, -0.15) is 0 Å². The fourth-order valence-corrected chi connectivity index (χ4v) is 1.24. The van der Waals surface area contributed by atoms with Crippen LogP contribution >= 0.6 is 12.4 Å². The van der Waals surface area contributed by atoms with E-state index in [0.717, 1.165) is 0 Å². The van der Waals surface area contributed by atoms with E-state index in [4.69, 9.17) is 15.2 Å². The molecule has 1 amide bonds. The molecule has 0 aliphatic rings. The number of halogens is 1. The predicted octanol–water partition coefficient (Wildman–Crippen LogP) is 0.561. The molecular formula is C11H25ClN2O3. The van der Waals surface area contributed by atoms with Gasteiger partial charge >= 0.3 is 0 Å². The first-order valence-corrected chi connectivity index (χ1v) is 5.68. The van der Waals surface area contributed by atoms with Crippen LogP contribution in [0, 0.1) is 5.92 Å². The molecule has 0 bridgehead atoms. The average Bonchev–Trinajstić information content (AvgIpc) is 2.21. The van der Waals surface area contributed by atoms with Gasteiger partial charge in [-0.05, 0) is 12.3 Å². The molecule has 0 spiro atoms. The molecule has 104 valence electrons. The third kappa shape index (κ3) is 11.9. The Bertz CT molecular complexity index is 192. The number of hydrogen-bond donors (Lipinski definition) is 2. The summed E-state index contributed by atoms with van der Waals surface area (Å²) in [5, 5.41) is 2.73. The predicted molar refractivity (Wildman–Crippen MR) is 70.4 cm³/mol. The summed E-state index contributed by atoms with van der Waals surface area (Å²) < 4.78 is 10.0. The molecule has 0 saturated heterocycles. The second kappa shape index (κ2) is 12.1. The van der Waals surface area contributed by atoms with Crippen LogP contribution in [0.2, 0.25) is 0 Å². The van der Waals surface area contributed by atoms with Crippen molar-refractivity contribution in [3.8, 4) is 0 Å². The van der Waals surface area contributed by atoms with Crippen LogP contribution in [0.15, 0.2) is 0 Å². The van der Waals surface area contributed by atoms with Crippen LogP contribution in [-0.4, -0.2) is 45.4 Å². The van der Waals surface area contributed by atoms with Crippen molar-refractivity contribution in [2.24, 2.45) is 11.7 Å². The zero-order valence-electron chi connectivity index (χ0n) is 10.9. The lowest BCUT2D eigenvalue weighted by Gasteiger charge is -2.14. The maximum atomic E-state index is 11.5. The lowest BCUT2D eigenvalue weighted by molar-refractivity contribution is -0.122. The smallest absolute Gasteiger partial charge is 0.237 e. The van der Waals surface area contributed by atoms with Crippen molar-refractivity contribution in [3.63, 3.8) is 0 Å². The van der Waals surface area contributed by atoms with E-state index in [0.29, 0.717) is 38.7 Å². The zero-order chi connectivity index (χ0) is 12.4. The van der Waals surface area contributed by atoms with E-state index >= 15 is 0 Å². The largest absolute Gasteiger partial charge is 0.382 e. The van der Waals surface area contributed by atoms with E-state index in [1.807, 2.05) is 13.8 Å². The first kappa shape index (κ1) is 19.0. The minimum Gasteiger partial charge on any atom is -0.382 e. The molecule has 6 heteroatoms. The topological polar surface area (TPSA) is 73.6 Å². The summed E-state index contributed by atoms with van der Waals surface area (Å²) in [7, 11) is 1.62. The van der Waals surface area contributed by atoms with Crippen LogP contribution in [0.1, 0.15) is 20.3 Å². The third-order valence-electron chi connectivity index (χ3n) is 2.04. The van der Waals surface area contributed by atoms with Gasteiger partial charge in [0, 0.05) is 13.7 Å². The van der Waals surface area contributed by atoms with Crippen molar-refractivity contribution in [1.29, 1.82) is 0 Å². The van der Waals surface area contributed by atoms with Gasteiger partial charge in [-0.1, -0.05) is 13.8 Å². The Kier molecular flexibility index (Phi) is 13.5. The molecular weight excluding hydrogens is 244 g/mol. The minimum absolute atomic E-state index is 0. The molecule has 0 aromatic carbocycles. The molecule has 0 saturated carbocycles. The van der Waals surface area contributed by atoms with Gasteiger partial charge < -0.3 is 20.5 Å². The van der Waals surface area contributed by atoms with Gasteiger partial charge in [0.15, 0.2) is 0 Å². The number of carbonyl (C=O) groups is 1. The van der Waals surface area contributed by atoms with Crippen LogP contribution in [-0.2, 0) is 14.3 Å². The van der Waals surface area contributed by atoms with Crippen molar-refractivity contribution >= 4 is 18.3 Å². The molecule has 0 aromatic rings. The van der Waals surface area contributed by atoms with E-state index < -0.39 is 6.04 Å². The number of rotatable bonds is 9. The molecule has 0 fully saturated rings. The van der Waals surface area contributed by atoms with Crippen molar-refractivity contribution in [2.75, 3.05) is 33.5 Å². The number of carbonyl (C=O) groups excluding carboxylic acids is 1. The summed E-state index contributed by atoms with van der Waals surface area (Å²) in [6, 6.07) is -0.418. The Morgan fingerprint density at radius 1 is 1.29 bits per heavy atom. The van der Waals surface area contributed by atoms with Crippen LogP contribution in [0.4, 0.5) is 0 Å². The van der Waals surface area contributed by atoms with Gasteiger partial charge in [-0.3, -0.25) is 4.79 Å². The standard InChI is InChI=1S/C11H24N2O3.ClH/c1-9(2)8-10(12)11(14)13-4-5-16-7-6-15-3;/h9-10H,4-8,12H2,1-3H3,(H,13,14);1H/t10-;/m0./s1. The molecule has 0 heterocycles. The van der Waals surface area contributed by atoms with Crippen molar-refractivity contribution in [1.82, 2.24) is 5.32 Å². The molecule has 0 aromatic heterocycles. The summed E-state index contributed by atoms with van der Waals surface area (Å²) in [4.78, 5) is 11.5. The minimum atomic E-state index is -0.418. The molecule has 0 radical (unpaired) electrons. The Morgan fingerprint density at radius 3 is 2.47 bits per heavy atom. The molecule has 0 aliphatic heterocycles. The second-order valence-electron chi connectivity index (χ2n) is 4.13. The van der Waals surface area contributed by atoms with E-state index in [1.165, 1.54) is 0 Å². The fourth-order valence-electron chi connectivity index (χ4n) is 1.24. The second-order valence-corrected chi connectivity index (χ2v) is 4.13. The molecule has 0 unspecified atom stereocenters. The number of methoxy groups -OCH3 is 1. The Balaban J connectivity index is 0. The van der Waals surface area contributed by atoms with Gasteiger partial charge in [-0.15, -0.1) is 12.4 Å². The Labute approximate surface area is 110 Å². The molecule has 1 atom stereocenters. The van der Waals surface area contributed by atoms with E-state index in [-0.39, 0.29) is 18.3 Å². The van der Waals surface area contributed by atoms with Gasteiger partial charge in [0.1, 0.15) is 0 Å². The number of nitrogens with one attached hydrogen (secondary N) is 1. The molecule has 0 aliphatic carbocycles. The highest BCUT2D eigenvalue weighted by molar-refractivity contribution is 5.85. The van der Waals surface area contributed by atoms with Crippen molar-refractivity contribution in [2.45, 2.75) is 26.3 Å². The SMILES string of the molecule is COCCOCCNC(=O)[C@@H](N)CC(C)C.Cl. The zero-order valence-corrected chi connectivity index (χ0v) is 11.7. The summed E-state index contributed by atoms with van der Waals surface area (Å²) >= 11 is 0. The number of hydrogen-bond acceptors (Lipinski definition) is 4. The number of nitrogens with two attached hydrogens (primary N) is 1. The van der Waals surface area contributed by atoms with E-state index in [2.05, 4.69) is 5.32 Å². The fraction of sp³-hybridized carbons (Fsp3) is 0.909. The van der Waals surface area contributed by atoms with Crippen LogP contribution in [0.25, 0.3) is 0 Å². The summed E-state index contributed by atoms with van der Waals surface area (Å²) in [5.41, 5.74) is 5.71. The van der Waals surface area contributed by atoms with Gasteiger partial charge in [-0.25, -0.2) is 0 Å². The highest BCUT2D eigenvalue weighted by Crippen LogP contribution is 2.02. The van der Waals surface area contributed by atoms with Gasteiger partial charge in [0.25, 0.3) is 0 Å². The van der Waals surface area contributed by atoms with Gasteiger partial charge in [0.2, 0.25) is 5.91 Å². The maximum Gasteiger partial charge on any atom is 0.237 e. The normalized spacial score (nSPS) is 12.1. The first-order chi connectivity index (χ1) is 7.57. The van der Waals surface area contributed by atoms with Crippen molar-refractivity contribution in [3.05, 3.63) is 0 Å². The lowest BCUT2D eigenvalue weighted by atomic mass is 10.0. The monoisotopic (exact) mass is 268 g/mol. The maximum absolute atomic E-state index is 11.5. The Morgan fingerprint density at radius 2 is 1.94 bits per heavy atom. The molecule has 0 rings (SSSR count). The van der Waals surface area contributed by atoms with Crippen LogP contribution in [0.3, 0.4) is 0 Å². The highest BCUT2D eigenvalue weighted by Gasteiger charge is 2.13. The van der Waals surface area contributed by atoms with Crippen LogP contribution in [0.5, 0.6) is 0 Å². The van der Waals surface area contributed by atoms with Gasteiger partial charge in [0.05, 0.1) is 25.9 Å². The summed E-state index contributed by atoms with van der Waals surface area (Å²) in [6.45, 7) is 6.19. The van der Waals surface area contributed by atoms with Crippen LogP contribution < -0.4 is 11.1 Å². The van der Waals surface area contributed by atoms with E-state index in [9.17, 15) is 4.79 Å². The first-order valence-electron chi connectivity index (χ1n) is 5.68. The summed E-state index contributed by atoms with van der Waals surface area (Å²) in [6.07, 6.45) is 0.705. The van der Waals surface area contributed by atoms with E-state index in [1.54, 1.807) is 7.11 Å². The third-order valence-corrected chi connectivity index (χ3v) is 2.04. The number of ether oxygens (including phenoxy) is 2. The van der Waals surface area contributed by atoms with Crippen molar-refractivity contribution < 1.29 is 14.3 Å². The number of amides is 1. The lowest BCUT2D eigenvalue weighted by Crippen LogP contribution is -2.42.